The third-order valence-electron chi connectivity index (χ3n) is 4.05. The van der Waals surface area contributed by atoms with Gasteiger partial charge in [0.25, 0.3) is 11.5 Å². The molecule has 2 heterocycles. The fourth-order valence-electron chi connectivity index (χ4n) is 2.58. The van der Waals surface area contributed by atoms with Crippen molar-refractivity contribution in [3.05, 3.63) is 46.3 Å². The van der Waals surface area contributed by atoms with E-state index in [0.29, 0.717) is 27.4 Å². The SMILES string of the molecule is COc1ccc(OC)c(NC(=O)COC(=O)CCn2cnc3sccc3c2=O)c1. The van der Waals surface area contributed by atoms with Gasteiger partial charge in [0.1, 0.15) is 16.3 Å². The van der Waals surface area contributed by atoms with Gasteiger partial charge in [-0.1, -0.05) is 0 Å². The molecule has 9 nitrogen and oxygen atoms in total. The lowest BCUT2D eigenvalue weighted by molar-refractivity contribution is -0.147. The molecule has 29 heavy (non-hydrogen) atoms. The number of carbonyl (C=O) groups is 2. The van der Waals surface area contributed by atoms with Gasteiger partial charge in [0, 0.05) is 12.6 Å². The zero-order chi connectivity index (χ0) is 20.8. The van der Waals surface area contributed by atoms with Crippen LogP contribution in [0.3, 0.4) is 0 Å². The van der Waals surface area contributed by atoms with E-state index in [1.54, 1.807) is 29.6 Å². The molecule has 3 rings (SSSR count). The molecular formula is C19H19N3O6S. The van der Waals surface area contributed by atoms with Gasteiger partial charge >= 0.3 is 5.97 Å². The van der Waals surface area contributed by atoms with E-state index in [9.17, 15) is 14.4 Å². The first-order valence-corrected chi connectivity index (χ1v) is 9.50. The molecule has 0 saturated heterocycles. The van der Waals surface area contributed by atoms with Crippen LogP contribution < -0.4 is 20.3 Å². The van der Waals surface area contributed by atoms with Gasteiger partial charge in [0.2, 0.25) is 0 Å². The van der Waals surface area contributed by atoms with Crippen LogP contribution >= 0.6 is 11.3 Å². The number of benzene rings is 1. The van der Waals surface area contributed by atoms with Crippen LogP contribution in [0.5, 0.6) is 11.5 Å². The molecule has 0 aliphatic carbocycles. The van der Waals surface area contributed by atoms with E-state index in [0.717, 1.165) is 0 Å². The van der Waals surface area contributed by atoms with E-state index in [1.165, 1.54) is 36.5 Å². The number of nitrogens with one attached hydrogen (secondary N) is 1. The molecule has 0 aliphatic heterocycles. The Morgan fingerprint density at radius 3 is 2.79 bits per heavy atom. The molecule has 152 valence electrons. The van der Waals surface area contributed by atoms with Gasteiger partial charge in [-0.3, -0.25) is 19.0 Å². The first kappa shape index (κ1) is 20.3. The Morgan fingerprint density at radius 1 is 1.21 bits per heavy atom. The van der Waals surface area contributed by atoms with Crippen LogP contribution in [0.15, 0.2) is 40.8 Å². The normalized spacial score (nSPS) is 10.6. The summed E-state index contributed by atoms with van der Waals surface area (Å²) in [6.07, 6.45) is 1.34. The summed E-state index contributed by atoms with van der Waals surface area (Å²) >= 11 is 1.37. The summed E-state index contributed by atoms with van der Waals surface area (Å²) in [4.78, 5) is 41.1. The number of aryl methyl sites for hydroxylation is 1. The summed E-state index contributed by atoms with van der Waals surface area (Å²) in [6, 6.07) is 6.63. The molecule has 1 amide bonds. The van der Waals surface area contributed by atoms with Gasteiger partial charge in [0.15, 0.2) is 6.61 Å². The molecule has 0 spiro atoms. The second-order valence-electron chi connectivity index (χ2n) is 5.91. The van der Waals surface area contributed by atoms with E-state index in [4.69, 9.17) is 14.2 Å². The predicted molar refractivity (Wildman–Crippen MR) is 108 cm³/mol. The smallest absolute Gasteiger partial charge is 0.308 e. The van der Waals surface area contributed by atoms with Crippen molar-refractivity contribution in [1.82, 2.24) is 9.55 Å². The number of esters is 1. The Bertz CT molecular complexity index is 1090. The van der Waals surface area contributed by atoms with Crippen molar-refractivity contribution >= 4 is 39.1 Å². The van der Waals surface area contributed by atoms with Gasteiger partial charge in [-0.15, -0.1) is 11.3 Å². The van der Waals surface area contributed by atoms with Crippen molar-refractivity contribution in [2.75, 3.05) is 26.1 Å². The summed E-state index contributed by atoms with van der Waals surface area (Å²) in [5.41, 5.74) is 0.182. The highest BCUT2D eigenvalue weighted by molar-refractivity contribution is 7.16. The summed E-state index contributed by atoms with van der Waals surface area (Å²) in [6.45, 7) is -0.350. The quantitative estimate of drug-likeness (QED) is 0.559. The predicted octanol–water partition coefficient (Wildman–Crippen LogP) is 2.05. The Kier molecular flexibility index (Phi) is 6.45. The van der Waals surface area contributed by atoms with Crippen molar-refractivity contribution in [2.45, 2.75) is 13.0 Å². The third kappa shape index (κ3) is 4.91. The van der Waals surface area contributed by atoms with Gasteiger partial charge < -0.3 is 19.5 Å². The zero-order valence-electron chi connectivity index (χ0n) is 15.8. The number of hydrogen-bond donors (Lipinski definition) is 1. The van der Waals surface area contributed by atoms with Crippen molar-refractivity contribution < 1.29 is 23.8 Å². The second kappa shape index (κ2) is 9.20. The lowest BCUT2D eigenvalue weighted by atomic mass is 10.2. The largest absolute Gasteiger partial charge is 0.497 e. The van der Waals surface area contributed by atoms with Crippen molar-refractivity contribution in [3.63, 3.8) is 0 Å². The number of thiophene rings is 1. The number of amides is 1. The highest BCUT2D eigenvalue weighted by Crippen LogP contribution is 2.28. The Balaban J connectivity index is 1.52. The first-order valence-electron chi connectivity index (χ1n) is 8.62. The highest BCUT2D eigenvalue weighted by Gasteiger charge is 2.13. The van der Waals surface area contributed by atoms with E-state index >= 15 is 0 Å². The zero-order valence-corrected chi connectivity index (χ0v) is 16.7. The second-order valence-corrected chi connectivity index (χ2v) is 6.80. The minimum absolute atomic E-state index is 0.0625. The van der Waals surface area contributed by atoms with Gasteiger partial charge in [0.05, 0.1) is 38.0 Å². The van der Waals surface area contributed by atoms with Gasteiger partial charge in [-0.05, 0) is 23.6 Å². The maximum absolute atomic E-state index is 12.3. The summed E-state index contributed by atoms with van der Waals surface area (Å²) in [5, 5.41) is 4.90. The molecular weight excluding hydrogens is 398 g/mol. The topological polar surface area (TPSA) is 109 Å². The average molecular weight is 417 g/mol. The van der Waals surface area contributed by atoms with Gasteiger partial charge in [-0.25, -0.2) is 4.98 Å². The Hall–Kier alpha value is -3.40. The minimum atomic E-state index is -0.602. The van der Waals surface area contributed by atoms with Crippen LogP contribution in [0.25, 0.3) is 10.2 Å². The summed E-state index contributed by atoms with van der Waals surface area (Å²) in [7, 11) is 2.98. The van der Waals surface area contributed by atoms with Gasteiger partial charge in [-0.2, -0.15) is 0 Å². The average Bonchev–Trinajstić information content (AvgIpc) is 3.21. The van der Waals surface area contributed by atoms with E-state index < -0.39 is 18.5 Å². The molecule has 1 aromatic carbocycles. The highest BCUT2D eigenvalue weighted by atomic mass is 32.1. The van der Waals surface area contributed by atoms with Crippen molar-refractivity contribution in [1.29, 1.82) is 0 Å². The number of hydrogen-bond acceptors (Lipinski definition) is 8. The fraction of sp³-hybridized carbons (Fsp3) is 0.263. The summed E-state index contributed by atoms with van der Waals surface area (Å²) < 4.78 is 16.6. The third-order valence-corrected chi connectivity index (χ3v) is 4.87. The van der Waals surface area contributed by atoms with E-state index in [2.05, 4.69) is 10.3 Å². The van der Waals surface area contributed by atoms with Crippen LogP contribution in [-0.2, 0) is 20.9 Å². The number of aromatic nitrogens is 2. The molecule has 3 aromatic rings. The first-order chi connectivity index (χ1) is 14.0. The molecule has 1 N–H and O–H groups in total. The lowest BCUT2D eigenvalue weighted by Gasteiger charge is -2.12. The maximum atomic E-state index is 12.3. The number of rotatable bonds is 8. The summed E-state index contributed by atoms with van der Waals surface area (Å²) in [5.74, 6) is -0.139. The minimum Gasteiger partial charge on any atom is -0.497 e. The van der Waals surface area contributed by atoms with Crippen LogP contribution in [0, 0.1) is 0 Å². The molecule has 0 unspecified atom stereocenters. The van der Waals surface area contributed by atoms with E-state index in [-0.39, 0.29) is 18.5 Å². The van der Waals surface area contributed by atoms with Crippen LogP contribution in [0.4, 0.5) is 5.69 Å². The lowest BCUT2D eigenvalue weighted by Crippen LogP contribution is -2.24. The molecule has 0 aliphatic rings. The molecule has 0 fully saturated rings. The molecule has 2 aromatic heterocycles. The van der Waals surface area contributed by atoms with Crippen LogP contribution in [0.1, 0.15) is 6.42 Å². The number of carbonyl (C=O) groups excluding carboxylic acids is 2. The maximum Gasteiger partial charge on any atom is 0.308 e. The molecule has 0 bridgehead atoms. The van der Waals surface area contributed by atoms with Crippen molar-refractivity contribution in [2.24, 2.45) is 0 Å². The standard InChI is InChI=1S/C19H19N3O6S/c1-26-12-3-4-15(27-2)14(9-12)21-16(23)10-28-17(24)5-7-22-11-20-18-13(19(22)25)6-8-29-18/h3-4,6,8-9,11H,5,7,10H2,1-2H3,(H,21,23). The molecule has 0 saturated carbocycles. The number of nitrogens with zero attached hydrogens (tertiary/aromatic N) is 2. The fourth-order valence-corrected chi connectivity index (χ4v) is 3.30. The van der Waals surface area contributed by atoms with E-state index in [1.807, 2.05) is 0 Å². The number of ether oxygens (including phenoxy) is 3. The molecule has 0 atom stereocenters. The number of fused-ring (bicyclic) bond motifs is 1. The van der Waals surface area contributed by atoms with Crippen LogP contribution in [-0.4, -0.2) is 42.3 Å². The Morgan fingerprint density at radius 2 is 2.03 bits per heavy atom. The number of anilines is 1. The van der Waals surface area contributed by atoms with Crippen molar-refractivity contribution in [3.8, 4) is 11.5 Å². The number of methoxy groups -OCH3 is 2. The van der Waals surface area contributed by atoms with Crippen LogP contribution in [0.2, 0.25) is 0 Å². The molecule has 10 heteroatoms. The Labute approximate surface area is 169 Å². The monoisotopic (exact) mass is 417 g/mol. The molecule has 0 radical (unpaired) electrons.